The number of nitrogens with one attached hydrogen (secondary N) is 1. The number of carbonyl (C=O) groups is 2. The molecule has 10 heteroatoms. The van der Waals surface area contributed by atoms with Crippen LogP contribution in [0.5, 0.6) is 0 Å². The monoisotopic (exact) mass is 483 g/mol. The smallest absolute Gasteiger partial charge is 0.383 e. The van der Waals surface area contributed by atoms with Crippen molar-refractivity contribution in [2.24, 2.45) is 10.7 Å². The molecule has 0 bridgehead atoms. The maximum Gasteiger partial charge on any atom is 0.491 e. The summed E-state index contributed by atoms with van der Waals surface area (Å²) in [6.07, 6.45) is -4.02. The lowest BCUT2D eigenvalue weighted by atomic mass is 9.97. The Bertz CT molecular complexity index is 1040. The third-order valence-corrected chi connectivity index (χ3v) is 5.00. The number of esters is 2. The molecule has 1 aliphatic rings. The van der Waals surface area contributed by atoms with E-state index in [2.05, 4.69) is 31.0 Å². The summed E-state index contributed by atoms with van der Waals surface area (Å²) < 4.78 is 41.8. The first kappa shape index (κ1) is 21.8. The molecule has 0 saturated carbocycles. The van der Waals surface area contributed by atoms with Gasteiger partial charge in [0, 0.05) is 15.7 Å². The molecule has 30 heavy (non-hydrogen) atoms. The lowest BCUT2D eigenvalue weighted by molar-refractivity contribution is -0.193. The van der Waals surface area contributed by atoms with Crippen LogP contribution in [0.2, 0.25) is 0 Å². The Balaban J connectivity index is 1.78. The number of fused-ring (bicyclic) bond motifs is 1. The molecule has 1 atom stereocenters. The molecule has 0 radical (unpaired) electrons. The summed E-state index contributed by atoms with van der Waals surface area (Å²) in [5, 5.41) is 3.17. The van der Waals surface area contributed by atoms with E-state index in [0.717, 1.165) is 10.0 Å². The minimum absolute atomic E-state index is 0.220. The number of anilines is 1. The number of alkyl halides is 3. The number of aliphatic imine (C=N–C) groups is 1. The second-order valence-corrected chi connectivity index (χ2v) is 7.88. The zero-order chi connectivity index (χ0) is 22.1. The Morgan fingerprint density at radius 2 is 1.97 bits per heavy atom. The minimum Gasteiger partial charge on any atom is -0.383 e. The number of hydrogen-bond donors (Lipinski definition) is 2. The van der Waals surface area contributed by atoms with Gasteiger partial charge in [0.15, 0.2) is 0 Å². The molecule has 2 aromatic carbocycles. The average molecular weight is 484 g/mol. The van der Waals surface area contributed by atoms with Gasteiger partial charge in [0.25, 0.3) is 0 Å². The van der Waals surface area contributed by atoms with Gasteiger partial charge in [0.2, 0.25) is 0 Å². The van der Waals surface area contributed by atoms with Gasteiger partial charge in [-0.3, -0.25) is 0 Å². The van der Waals surface area contributed by atoms with Crippen LogP contribution in [-0.2, 0) is 16.0 Å². The van der Waals surface area contributed by atoms with Crippen LogP contribution in [0.25, 0.3) is 0 Å². The van der Waals surface area contributed by atoms with Crippen LogP contribution in [0.15, 0.2) is 51.9 Å². The maximum atomic E-state index is 12.3. The Labute approximate surface area is 178 Å². The summed E-state index contributed by atoms with van der Waals surface area (Å²) in [6.45, 7) is 1.82. The molecule has 1 heterocycles. The Morgan fingerprint density at radius 3 is 2.63 bits per heavy atom. The molecule has 1 aliphatic heterocycles. The number of aryl methyl sites for hydroxylation is 1. The molecule has 0 aromatic heterocycles. The van der Waals surface area contributed by atoms with Crippen molar-refractivity contribution in [1.82, 2.24) is 0 Å². The zero-order valence-electron chi connectivity index (χ0n) is 15.7. The fourth-order valence-corrected chi connectivity index (χ4v) is 3.49. The molecule has 0 fully saturated rings. The van der Waals surface area contributed by atoms with Crippen molar-refractivity contribution in [3.63, 3.8) is 0 Å². The van der Waals surface area contributed by atoms with Crippen molar-refractivity contribution in [3.8, 4) is 0 Å². The highest BCUT2D eigenvalue weighted by Gasteiger charge is 2.42. The number of hydrogen-bond acceptors (Lipinski definition) is 6. The molecule has 158 valence electrons. The van der Waals surface area contributed by atoms with E-state index >= 15 is 0 Å². The summed E-state index contributed by atoms with van der Waals surface area (Å²) in [5.74, 6) is -3.75. The van der Waals surface area contributed by atoms with Crippen molar-refractivity contribution < 1.29 is 27.5 Å². The van der Waals surface area contributed by atoms with Gasteiger partial charge < -0.3 is 15.8 Å². The van der Waals surface area contributed by atoms with Gasteiger partial charge in [-0.15, -0.1) is 0 Å². The van der Waals surface area contributed by atoms with E-state index in [1.54, 1.807) is 0 Å². The van der Waals surface area contributed by atoms with Crippen LogP contribution < -0.4 is 11.1 Å². The second-order valence-electron chi connectivity index (χ2n) is 6.96. The van der Waals surface area contributed by atoms with E-state index in [-0.39, 0.29) is 11.4 Å². The minimum atomic E-state index is -5.26. The van der Waals surface area contributed by atoms with Crippen LogP contribution >= 0.6 is 15.9 Å². The Morgan fingerprint density at radius 1 is 1.23 bits per heavy atom. The number of amidine groups is 1. The molecule has 3 N–H and O–H groups in total. The molecule has 3 rings (SSSR count). The number of halogens is 4. The molecule has 0 amide bonds. The normalized spacial score (nSPS) is 18.1. The van der Waals surface area contributed by atoms with Crippen LogP contribution in [0.3, 0.4) is 0 Å². The highest BCUT2D eigenvalue weighted by molar-refractivity contribution is 9.10. The zero-order valence-corrected chi connectivity index (χ0v) is 17.3. The molecule has 0 aliphatic carbocycles. The standard InChI is InChI=1S/C20H17BrF3N3O3/c1-19(8-7-11-3-2-4-13(21)9-11)26-15-10-12(5-6-14(15)16(25)27-19)17(28)30-18(29)20(22,23)24/h2-6,9-10,26H,7-8H2,1H3,(H2,25,27). The first-order valence-electron chi connectivity index (χ1n) is 8.82. The number of rotatable bonds is 4. The van der Waals surface area contributed by atoms with E-state index in [4.69, 9.17) is 5.73 Å². The van der Waals surface area contributed by atoms with E-state index < -0.39 is 23.8 Å². The van der Waals surface area contributed by atoms with Crippen LogP contribution in [-0.4, -0.2) is 29.6 Å². The maximum absolute atomic E-state index is 12.3. The third kappa shape index (κ3) is 4.99. The number of carbonyl (C=O) groups excluding carboxylic acids is 2. The predicted molar refractivity (Wildman–Crippen MR) is 108 cm³/mol. The van der Waals surface area contributed by atoms with E-state index in [0.29, 0.717) is 24.1 Å². The topological polar surface area (TPSA) is 93.8 Å². The van der Waals surface area contributed by atoms with Gasteiger partial charge in [-0.25, -0.2) is 14.6 Å². The van der Waals surface area contributed by atoms with Gasteiger partial charge in [-0.05, 0) is 55.7 Å². The molecular weight excluding hydrogens is 467 g/mol. The summed E-state index contributed by atoms with van der Waals surface area (Å²) in [7, 11) is 0. The first-order valence-corrected chi connectivity index (χ1v) is 9.62. The van der Waals surface area contributed by atoms with Crippen molar-refractivity contribution in [2.45, 2.75) is 31.6 Å². The summed E-state index contributed by atoms with van der Waals surface area (Å²) in [5.41, 5.74) is 7.02. The third-order valence-electron chi connectivity index (χ3n) is 4.51. The van der Waals surface area contributed by atoms with E-state index in [1.807, 2.05) is 31.2 Å². The molecule has 0 saturated heterocycles. The largest absolute Gasteiger partial charge is 0.491 e. The summed E-state index contributed by atoms with van der Waals surface area (Å²) in [4.78, 5) is 27.3. The van der Waals surface area contributed by atoms with Gasteiger partial charge in [-0.1, -0.05) is 28.1 Å². The molecule has 6 nitrogen and oxygen atoms in total. The Kier molecular flexibility index (Phi) is 5.89. The molecular formula is C20H17BrF3N3O3. The van der Waals surface area contributed by atoms with Crippen molar-refractivity contribution in [2.75, 3.05) is 5.32 Å². The quantitative estimate of drug-likeness (QED) is 0.502. The van der Waals surface area contributed by atoms with Crippen LogP contribution in [0, 0.1) is 0 Å². The fraction of sp³-hybridized carbons (Fsp3) is 0.250. The fourth-order valence-electron chi connectivity index (χ4n) is 3.04. The van der Waals surface area contributed by atoms with Gasteiger partial charge in [-0.2, -0.15) is 13.2 Å². The van der Waals surface area contributed by atoms with Crippen LogP contribution in [0.4, 0.5) is 18.9 Å². The lowest BCUT2D eigenvalue weighted by Gasteiger charge is -2.33. The molecule has 0 spiro atoms. The van der Waals surface area contributed by atoms with Crippen molar-refractivity contribution in [1.29, 1.82) is 0 Å². The summed E-state index contributed by atoms with van der Waals surface area (Å²) >= 11 is 3.42. The average Bonchev–Trinajstić information content (AvgIpc) is 2.65. The number of nitrogens with two attached hydrogens (primary N) is 1. The van der Waals surface area contributed by atoms with Gasteiger partial charge in [0.1, 0.15) is 11.5 Å². The number of benzene rings is 2. The molecule has 2 aromatic rings. The lowest BCUT2D eigenvalue weighted by Crippen LogP contribution is -2.40. The second kappa shape index (κ2) is 8.10. The van der Waals surface area contributed by atoms with E-state index in [1.165, 1.54) is 18.2 Å². The van der Waals surface area contributed by atoms with E-state index in [9.17, 15) is 22.8 Å². The van der Waals surface area contributed by atoms with Crippen molar-refractivity contribution >= 4 is 39.4 Å². The number of ether oxygens (including phenoxy) is 1. The number of nitrogens with zero attached hydrogens (tertiary/aromatic N) is 1. The highest BCUT2D eigenvalue weighted by Crippen LogP contribution is 2.31. The van der Waals surface area contributed by atoms with Gasteiger partial charge in [0.05, 0.1) is 5.56 Å². The first-order chi connectivity index (χ1) is 14.0. The van der Waals surface area contributed by atoms with Crippen LogP contribution in [0.1, 0.15) is 34.8 Å². The SMILES string of the molecule is CC1(CCc2cccc(Br)c2)N=C(N)c2ccc(C(=O)OC(=O)C(F)(F)F)cc2N1. The van der Waals surface area contributed by atoms with Crippen molar-refractivity contribution in [3.05, 3.63) is 63.6 Å². The molecule has 1 unspecified atom stereocenters. The summed E-state index contributed by atoms with van der Waals surface area (Å²) in [6, 6.07) is 11.7. The van der Waals surface area contributed by atoms with Gasteiger partial charge >= 0.3 is 18.1 Å². The highest BCUT2D eigenvalue weighted by atomic mass is 79.9. The predicted octanol–water partition coefficient (Wildman–Crippen LogP) is 4.17. The Hall–Kier alpha value is -2.88.